The number of hydrogen-bond donors (Lipinski definition) is 2. The zero-order valence-electron chi connectivity index (χ0n) is 21.4. The number of aryl methyl sites for hydroxylation is 1. The summed E-state index contributed by atoms with van der Waals surface area (Å²) < 4.78 is 42.0. The number of halogens is 3. The molecule has 37 heavy (non-hydrogen) atoms. The van der Waals surface area contributed by atoms with Crippen LogP contribution >= 0.6 is 0 Å². The SMILES string of the molecule is Cn1ccnc1CNC(=O)C1C=CC(c2cccc(C(F)(F)F)c2)=C2CCN(C(=O)NC(C)(C)C)CC21. The molecule has 2 aromatic rings. The van der Waals surface area contributed by atoms with Gasteiger partial charge in [-0.25, -0.2) is 9.78 Å². The monoisotopic (exact) mass is 515 g/mol. The Morgan fingerprint density at radius 1 is 1.19 bits per heavy atom. The van der Waals surface area contributed by atoms with Crippen LogP contribution in [0.5, 0.6) is 0 Å². The van der Waals surface area contributed by atoms with E-state index in [1.54, 1.807) is 35.5 Å². The number of imidazole rings is 1. The molecule has 10 heteroatoms. The minimum Gasteiger partial charge on any atom is -0.348 e. The summed E-state index contributed by atoms with van der Waals surface area (Å²) in [6.07, 6.45) is 2.93. The Balaban J connectivity index is 1.64. The van der Waals surface area contributed by atoms with Gasteiger partial charge in [-0.15, -0.1) is 0 Å². The summed E-state index contributed by atoms with van der Waals surface area (Å²) in [5.41, 5.74) is 0.867. The van der Waals surface area contributed by atoms with Crippen molar-refractivity contribution in [3.05, 3.63) is 71.3 Å². The molecule has 0 bridgehead atoms. The standard InChI is InChI=1S/C27H32F3N5O2/c1-26(2,3)33-25(37)35-12-10-20-19(17-6-5-7-18(14-17)27(28,29)30)8-9-21(22(20)16-35)24(36)32-15-23-31-11-13-34(23)4/h5-9,11,13-14,21-22H,10,12,15-16H2,1-4H3,(H,32,36)(H,33,37). The van der Waals surface area contributed by atoms with Crippen molar-refractivity contribution in [1.29, 1.82) is 0 Å². The topological polar surface area (TPSA) is 79.3 Å². The zero-order chi connectivity index (χ0) is 27.0. The fourth-order valence-electron chi connectivity index (χ4n) is 4.84. The Bertz CT molecular complexity index is 1240. The third-order valence-electron chi connectivity index (χ3n) is 6.68. The van der Waals surface area contributed by atoms with Crippen LogP contribution in [0.1, 0.15) is 44.1 Å². The molecule has 3 amide bonds. The van der Waals surface area contributed by atoms with Crippen molar-refractivity contribution in [2.24, 2.45) is 18.9 Å². The Labute approximate surface area is 214 Å². The molecule has 1 aliphatic carbocycles. The molecule has 2 atom stereocenters. The first-order valence-electron chi connectivity index (χ1n) is 12.2. The molecular formula is C27H32F3N5O2. The number of aromatic nitrogens is 2. The number of benzene rings is 1. The van der Waals surface area contributed by atoms with E-state index < -0.39 is 23.2 Å². The van der Waals surface area contributed by atoms with Crippen molar-refractivity contribution in [3.63, 3.8) is 0 Å². The lowest BCUT2D eigenvalue weighted by atomic mass is 9.73. The molecule has 0 spiro atoms. The van der Waals surface area contributed by atoms with Crippen molar-refractivity contribution < 1.29 is 22.8 Å². The van der Waals surface area contributed by atoms with E-state index in [1.165, 1.54) is 6.07 Å². The summed E-state index contributed by atoms with van der Waals surface area (Å²) in [4.78, 5) is 32.2. The molecule has 198 valence electrons. The number of carbonyl (C=O) groups is 2. The van der Waals surface area contributed by atoms with Crippen molar-refractivity contribution in [1.82, 2.24) is 25.1 Å². The van der Waals surface area contributed by atoms with Gasteiger partial charge in [-0.05, 0) is 50.5 Å². The van der Waals surface area contributed by atoms with E-state index in [9.17, 15) is 22.8 Å². The van der Waals surface area contributed by atoms with Crippen LogP contribution in [-0.4, -0.2) is 45.0 Å². The van der Waals surface area contributed by atoms with Gasteiger partial charge in [0.05, 0.1) is 18.0 Å². The third kappa shape index (κ3) is 6.06. The number of urea groups is 1. The van der Waals surface area contributed by atoms with Gasteiger partial charge in [-0.2, -0.15) is 13.2 Å². The number of nitrogens with zero attached hydrogens (tertiary/aromatic N) is 3. The molecule has 2 N–H and O–H groups in total. The molecule has 7 nitrogen and oxygen atoms in total. The second-order valence-electron chi connectivity index (χ2n) is 10.6. The van der Waals surface area contributed by atoms with Gasteiger partial charge in [0, 0.05) is 44.0 Å². The molecule has 1 saturated heterocycles. The van der Waals surface area contributed by atoms with E-state index in [0.717, 1.165) is 17.7 Å². The number of amides is 3. The first-order valence-corrected chi connectivity index (χ1v) is 12.2. The van der Waals surface area contributed by atoms with Crippen molar-refractivity contribution in [3.8, 4) is 0 Å². The molecular weight excluding hydrogens is 483 g/mol. The molecule has 2 unspecified atom stereocenters. The summed E-state index contributed by atoms with van der Waals surface area (Å²) in [6, 6.07) is 5.01. The van der Waals surface area contributed by atoms with Gasteiger partial charge in [0.1, 0.15) is 5.82 Å². The number of rotatable bonds is 4. The number of hydrogen-bond acceptors (Lipinski definition) is 3. The molecule has 0 radical (unpaired) electrons. The Kier molecular flexibility index (Phi) is 7.21. The highest BCUT2D eigenvalue weighted by atomic mass is 19.4. The van der Waals surface area contributed by atoms with Crippen LogP contribution in [0.25, 0.3) is 5.57 Å². The minimum atomic E-state index is -4.46. The van der Waals surface area contributed by atoms with Crippen LogP contribution in [0.4, 0.5) is 18.0 Å². The molecule has 1 aromatic carbocycles. The normalized spacial score (nSPS) is 20.0. The smallest absolute Gasteiger partial charge is 0.348 e. The Morgan fingerprint density at radius 2 is 1.95 bits per heavy atom. The highest BCUT2D eigenvalue weighted by Gasteiger charge is 2.39. The van der Waals surface area contributed by atoms with Crippen molar-refractivity contribution in [2.75, 3.05) is 13.1 Å². The van der Waals surface area contributed by atoms with Crippen LogP contribution in [0.2, 0.25) is 0 Å². The first kappa shape index (κ1) is 26.5. The van der Waals surface area contributed by atoms with Crippen LogP contribution in [0.3, 0.4) is 0 Å². The molecule has 1 fully saturated rings. The molecule has 0 saturated carbocycles. The van der Waals surface area contributed by atoms with Gasteiger partial charge in [0.2, 0.25) is 5.91 Å². The third-order valence-corrected chi connectivity index (χ3v) is 6.68. The van der Waals surface area contributed by atoms with Gasteiger partial charge in [-0.3, -0.25) is 4.79 Å². The van der Waals surface area contributed by atoms with Crippen LogP contribution in [-0.2, 0) is 24.6 Å². The average molecular weight is 516 g/mol. The molecule has 1 aliphatic heterocycles. The maximum atomic E-state index is 13.4. The number of nitrogens with one attached hydrogen (secondary N) is 2. The number of alkyl halides is 3. The van der Waals surface area contributed by atoms with Crippen LogP contribution in [0.15, 0.2) is 54.4 Å². The Morgan fingerprint density at radius 3 is 2.59 bits per heavy atom. The summed E-state index contributed by atoms with van der Waals surface area (Å²) in [7, 11) is 1.84. The van der Waals surface area contributed by atoms with Gasteiger partial charge in [0.25, 0.3) is 0 Å². The number of piperidine rings is 1. The predicted molar refractivity (Wildman–Crippen MR) is 134 cm³/mol. The first-order chi connectivity index (χ1) is 17.3. The number of allylic oxidation sites excluding steroid dienone is 2. The number of fused-ring (bicyclic) bond motifs is 1. The van der Waals surface area contributed by atoms with Gasteiger partial charge < -0.3 is 20.1 Å². The van der Waals surface area contributed by atoms with Gasteiger partial charge >= 0.3 is 12.2 Å². The highest BCUT2D eigenvalue weighted by molar-refractivity contribution is 5.87. The van der Waals surface area contributed by atoms with E-state index in [1.807, 2.05) is 32.4 Å². The summed E-state index contributed by atoms with van der Waals surface area (Å²) in [5.74, 6) is -0.461. The van der Waals surface area contributed by atoms with E-state index in [-0.39, 0.29) is 30.9 Å². The van der Waals surface area contributed by atoms with Crippen LogP contribution in [0, 0.1) is 11.8 Å². The zero-order valence-corrected chi connectivity index (χ0v) is 21.4. The predicted octanol–water partition coefficient (Wildman–Crippen LogP) is 4.52. The lowest BCUT2D eigenvalue weighted by Crippen LogP contribution is -2.53. The van der Waals surface area contributed by atoms with Crippen molar-refractivity contribution in [2.45, 2.75) is 45.5 Å². The molecule has 2 aliphatic rings. The summed E-state index contributed by atoms with van der Waals surface area (Å²) in [6.45, 7) is 6.61. The highest BCUT2D eigenvalue weighted by Crippen LogP contribution is 2.41. The quantitative estimate of drug-likeness (QED) is 0.628. The minimum absolute atomic E-state index is 0.220. The van der Waals surface area contributed by atoms with E-state index in [0.29, 0.717) is 29.9 Å². The maximum absolute atomic E-state index is 13.4. The second-order valence-corrected chi connectivity index (χ2v) is 10.6. The largest absolute Gasteiger partial charge is 0.416 e. The fourth-order valence-corrected chi connectivity index (χ4v) is 4.84. The average Bonchev–Trinajstić information content (AvgIpc) is 3.24. The molecule has 1 aromatic heterocycles. The fraction of sp³-hybridized carbons (Fsp3) is 0.444. The van der Waals surface area contributed by atoms with Crippen LogP contribution < -0.4 is 10.6 Å². The van der Waals surface area contributed by atoms with Gasteiger partial charge in [-0.1, -0.05) is 29.9 Å². The van der Waals surface area contributed by atoms with Gasteiger partial charge in [0.15, 0.2) is 0 Å². The van der Waals surface area contributed by atoms with E-state index >= 15 is 0 Å². The second kappa shape index (κ2) is 10.1. The van der Waals surface area contributed by atoms with E-state index in [2.05, 4.69) is 15.6 Å². The lowest BCUT2D eigenvalue weighted by Gasteiger charge is -2.41. The lowest BCUT2D eigenvalue weighted by molar-refractivity contribution is -0.137. The number of likely N-dealkylation sites (tertiary alicyclic amines) is 1. The molecule has 2 heterocycles. The Hall–Kier alpha value is -3.56. The summed E-state index contributed by atoms with van der Waals surface area (Å²) in [5, 5.41) is 5.89. The maximum Gasteiger partial charge on any atom is 0.416 e. The molecule has 4 rings (SSSR count). The van der Waals surface area contributed by atoms with Crippen molar-refractivity contribution >= 4 is 17.5 Å². The summed E-state index contributed by atoms with van der Waals surface area (Å²) >= 11 is 0. The number of carbonyl (C=O) groups excluding carboxylic acids is 2. The van der Waals surface area contributed by atoms with E-state index in [4.69, 9.17) is 0 Å².